The summed E-state index contributed by atoms with van der Waals surface area (Å²) >= 11 is 2.41. The quantitative estimate of drug-likeness (QED) is 0.834. The molecule has 1 N–H and O–H groups in total. The monoisotopic (exact) mass is 323 g/mol. The third-order valence-corrected chi connectivity index (χ3v) is 4.07. The Morgan fingerprint density at radius 1 is 1.00 bits per heavy atom. The normalized spacial score (nSPS) is 10.1. The molecule has 0 aromatic heterocycles. The van der Waals surface area contributed by atoms with Gasteiger partial charge in [-0.1, -0.05) is 36.4 Å². The highest BCUT2D eigenvalue weighted by Gasteiger charge is 2.01. The highest BCUT2D eigenvalue weighted by molar-refractivity contribution is 14.1. The Kier molecular flexibility index (Phi) is 3.83. The van der Waals surface area contributed by atoms with Crippen LogP contribution >= 0.6 is 22.6 Å². The topological polar surface area (TPSA) is 12.0 Å². The molecule has 2 heteroatoms. The van der Waals surface area contributed by atoms with Crippen LogP contribution in [0, 0.1) is 10.5 Å². The number of rotatable bonds is 3. The van der Waals surface area contributed by atoms with Crippen molar-refractivity contribution in [3.05, 3.63) is 63.2 Å². The van der Waals surface area contributed by atoms with Crippen molar-refractivity contribution < 1.29 is 0 Å². The molecule has 82 valence electrons. The lowest BCUT2D eigenvalue weighted by atomic mass is 10.1. The van der Waals surface area contributed by atoms with Crippen LogP contribution in [0.3, 0.4) is 0 Å². The lowest BCUT2D eigenvalue weighted by Gasteiger charge is -2.09. The standard InChI is InChI=1S/C14H14IN/c1-11-6-5-7-12(14(11)15)10-16-13-8-3-2-4-9-13/h2-9,16H,10H2,1H3. The molecule has 0 unspecified atom stereocenters. The Labute approximate surface area is 110 Å². The molecular weight excluding hydrogens is 309 g/mol. The lowest BCUT2D eigenvalue weighted by molar-refractivity contribution is 1.12. The Balaban J connectivity index is 2.08. The van der Waals surface area contributed by atoms with Gasteiger partial charge in [-0.3, -0.25) is 0 Å². The number of nitrogens with one attached hydrogen (secondary N) is 1. The molecule has 1 nitrogen and oxygen atoms in total. The highest BCUT2D eigenvalue weighted by Crippen LogP contribution is 2.18. The second-order valence-electron chi connectivity index (χ2n) is 3.77. The molecule has 0 saturated carbocycles. The van der Waals surface area contributed by atoms with Gasteiger partial charge >= 0.3 is 0 Å². The summed E-state index contributed by atoms with van der Waals surface area (Å²) in [6, 6.07) is 16.7. The van der Waals surface area contributed by atoms with Crippen molar-refractivity contribution >= 4 is 28.3 Å². The summed E-state index contributed by atoms with van der Waals surface area (Å²) in [7, 11) is 0. The Hall–Kier alpha value is -1.03. The predicted molar refractivity (Wildman–Crippen MR) is 77.7 cm³/mol. The van der Waals surface area contributed by atoms with Gasteiger partial charge in [0.2, 0.25) is 0 Å². The predicted octanol–water partition coefficient (Wildman–Crippen LogP) is 4.21. The number of hydrogen-bond acceptors (Lipinski definition) is 1. The first-order chi connectivity index (χ1) is 7.77. The summed E-state index contributed by atoms with van der Waals surface area (Å²) in [4.78, 5) is 0. The molecule has 0 bridgehead atoms. The zero-order chi connectivity index (χ0) is 11.4. The van der Waals surface area contributed by atoms with Crippen molar-refractivity contribution in [2.75, 3.05) is 5.32 Å². The van der Waals surface area contributed by atoms with Gasteiger partial charge in [0.1, 0.15) is 0 Å². The fraction of sp³-hybridized carbons (Fsp3) is 0.143. The van der Waals surface area contributed by atoms with E-state index in [1.165, 1.54) is 20.4 Å². The first kappa shape index (κ1) is 11.5. The van der Waals surface area contributed by atoms with Gasteiger partial charge in [-0.05, 0) is 52.8 Å². The second kappa shape index (κ2) is 5.34. The SMILES string of the molecule is Cc1cccc(CNc2ccccc2)c1I. The molecule has 0 aliphatic rings. The van der Waals surface area contributed by atoms with Crippen molar-refractivity contribution in [3.63, 3.8) is 0 Å². The van der Waals surface area contributed by atoms with Crippen LogP contribution in [0.2, 0.25) is 0 Å². The molecule has 0 spiro atoms. The van der Waals surface area contributed by atoms with Gasteiger partial charge in [0, 0.05) is 15.8 Å². The van der Waals surface area contributed by atoms with E-state index < -0.39 is 0 Å². The van der Waals surface area contributed by atoms with E-state index in [1.54, 1.807) is 0 Å². The molecule has 0 aliphatic carbocycles. The minimum absolute atomic E-state index is 0.879. The Morgan fingerprint density at radius 3 is 2.50 bits per heavy atom. The van der Waals surface area contributed by atoms with E-state index >= 15 is 0 Å². The van der Waals surface area contributed by atoms with E-state index in [9.17, 15) is 0 Å². The molecule has 0 radical (unpaired) electrons. The average molecular weight is 323 g/mol. The summed E-state index contributed by atoms with van der Waals surface area (Å²) in [5.41, 5.74) is 3.86. The number of hydrogen-bond donors (Lipinski definition) is 1. The smallest absolute Gasteiger partial charge is 0.0411 e. The summed E-state index contributed by atoms with van der Waals surface area (Å²) in [5.74, 6) is 0. The number of aryl methyl sites for hydroxylation is 1. The molecule has 16 heavy (non-hydrogen) atoms. The largest absolute Gasteiger partial charge is 0.381 e. The molecular formula is C14H14IN. The highest BCUT2D eigenvalue weighted by atomic mass is 127. The third kappa shape index (κ3) is 2.76. The third-order valence-electron chi connectivity index (χ3n) is 2.53. The van der Waals surface area contributed by atoms with E-state index in [2.05, 4.69) is 65.2 Å². The maximum absolute atomic E-state index is 3.42. The van der Waals surface area contributed by atoms with Crippen molar-refractivity contribution in [1.29, 1.82) is 0 Å². The van der Waals surface area contributed by atoms with Crippen molar-refractivity contribution in [2.45, 2.75) is 13.5 Å². The van der Waals surface area contributed by atoms with E-state index in [-0.39, 0.29) is 0 Å². The lowest BCUT2D eigenvalue weighted by Crippen LogP contribution is -2.01. The second-order valence-corrected chi connectivity index (χ2v) is 4.85. The van der Waals surface area contributed by atoms with Crippen molar-refractivity contribution in [2.24, 2.45) is 0 Å². The first-order valence-corrected chi connectivity index (χ1v) is 6.38. The van der Waals surface area contributed by atoms with Crippen LogP contribution in [-0.4, -0.2) is 0 Å². The van der Waals surface area contributed by atoms with E-state index in [1.807, 2.05) is 18.2 Å². The van der Waals surface area contributed by atoms with Crippen LogP contribution < -0.4 is 5.32 Å². The number of anilines is 1. The van der Waals surface area contributed by atoms with Crippen LogP contribution in [0.4, 0.5) is 5.69 Å². The molecule has 0 fully saturated rings. The summed E-state index contributed by atoms with van der Waals surface area (Å²) in [6.07, 6.45) is 0. The Morgan fingerprint density at radius 2 is 1.75 bits per heavy atom. The van der Waals surface area contributed by atoms with E-state index in [0.717, 1.165) is 6.54 Å². The van der Waals surface area contributed by atoms with Crippen LogP contribution in [0.25, 0.3) is 0 Å². The fourth-order valence-electron chi connectivity index (χ4n) is 1.60. The molecule has 0 amide bonds. The molecule has 0 heterocycles. The molecule has 2 aromatic rings. The van der Waals surface area contributed by atoms with Crippen molar-refractivity contribution in [3.8, 4) is 0 Å². The first-order valence-electron chi connectivity index (χ1n) is 5.30. The van der Waals surface area contributed by atoms with Gasteiger partial charge in [-0.15, -0.1) is 0 Å². The van der Waals surface area contributed by atoms with Crippen molar-refractivity contribution in [1.82, 2.24) is 0 Å². The summed E-state index contributed by atoms with van der Waals surface area (Å²) in [6.45, 7) is 3.03. The maximum Gasteiger partial charge on any atom is 0.0411 e. The Bertz CT molecular complexity index is 465. The van der Waals surface area contributed by atoms with Crippen LogP contribution in [0.1, 0.15) is 11.1 Å². The fourth-order valence-corrected chi connectivity index (χ4v) is 2.15. The van der Waals surface area contributed by atoms with E-state index in [4.69, 9.17) is 0 Å². The number of benzene rings is 2. The zero-order valence-corrected chi connectivity index (χ0v) is 11.4. The van der Waals surface area contributed by atoms with Gasteiger partial charge in [0.15, 0.2) is 0 Å². The zero-order valence-electron chi connectivity index (χ0n) is 9.20. The van der Waals surface area contributed by atoms with Gasteiger partial charge in [0.05, 0.1) is 0 Å². The molecule has 2 rings (SSSR count). The summed E-state index contributed by atoms with van der Waals surface area (Å²) in [5, 5.41) is 3.42. The van der Waals surface area contributed by atoms with Gasteiger partial charge in [-0.25, -0.2) is 0 Å². The molecule has 0 saturated heterocycles. The minimum Gasteiger partial charge on any atom is -0.381 e. The molecule has 2 aromatic carbocycles. The van der Waals surface area contributed by atoms with Crippen LogP contribution in [0.5, 0.6) is 0 Å². The summed E-state index contributed by atoms with van der Waals surface area (Å²) < 4.78 is 1.35. The van der Waals surface area contributed by atoms with Gasteiger partial charge in [0.25, 0.3) is 0 Å². The van der Waals surface area contributed by atoms with Crippen LogP contribution in [-0.2, 0) is 6.54 Å². The maximum atomic E-state index is 3.42. The minimum atomic E-state index is 0.879. The number of para-hydroxylation sites is 1. The van der Waals surface area contributed by atoms with E-state index in [0.29, 0.717) is 0 Å². The molecule has 0 aliphatic heterocycles. The van der Waals surface area contributed by atoms with Crippen LogP contribution in [0.15, 0.2) is 48.5 Å². The van der Waals surface area contributed by atoms with Gasteiger partial charge < -0.3 is 5.32 Å². The average Bonchev–Trinajstić information content (AvgIpc) is 2.32. The number of halogens is 1. The van der Waals surface area contributed by atoms with Gasteiger partial charge in [-0.2, -0.15) is 0 Å². The molecule has 0 atom stereocenters.